The number of halogens is 1. The summed E-state index contributed by atoms with van der Waals surface area (Å²) in [7, 11) is 0. The lowest BCUT2D eigenvalue weighted by Crippen LogP contribution is -2.02. The highest BCUT2D eigenvalue weighted by atomic mass is 35.5. The molecule has 0 fully saturated rings. The molecular formula is C13H16ClN3. The molecule has 0 aliphatic carbocycles. The van der Waals surface area contributed by atoms with E-state index in [0.717, 1.165) is 29.8 Å². The van der Waals surface area contributed by atoms with Crippen LogP contribution in [0.3, 0.4) is 0 Å². The Bertz CT molecular complexity index is 505. The van der Waals surface area contributed by atoms with Crippen molar-refractivity contribution >= 4 is 11.6 Å². The standard InChI is InChI=1S/C13H16ClN3/c1-2-7-17-13(5-6-16-17)10-3-4-11(9-15)12(14)8-10/h3-6,8H,2,7,9,15H2,1H3. The Balaban J connectivity index is 2.39. The zero-order chi connectivity index (χ0) is 12.3. The Morgan fingerprint density at radius 1 is 1.35 bits per heavy atom. The van der Waals surface area contributed by atoms with Gasteiger partial charge in [0, 0.05) is 29.9 Å². The van der Waals surface area contributed by atoms with Crippen LogP contribution in [-0.2, 0) is 13.1 Å². The molecule has 0 amide bonds. The molecule has 2 rings (SSSR count). The predicted octanol–water partition coefficient (Wildman–Crippen LogP) is 3.07. The molecule has 0 saturated carbocycles. The van der Waals surface area contributed by atoms with Crippen LogP contribution < -0.4 is 5.73 Å². The molecule has 1 aromatic carbocycles. The van der Waals surface area contributed by atoms with Gasteiger partial charge in [0.25, 0.3) is 0 Å². The van der Waals surface area contributed by atoms with Gasteiger partial charge in [0.2, 0.25) is 0 Å². The van der Waals surface area contributed by atoms with E-state index in [9.17, 15) is 0 Å². The van der Waals surface area contributed by atoms with Crippen LogP contribution in [0.4, 0.5) is 0 Å². The van der Waals surface area contributed by atoms with E-state index in [1.54, 1.807) is 0 Å². The van der Waals surface area contributed by atoms with Gasteiger partial charge in [-0.1, -0.05) is 30.7 Å². The number of nitrogens with two attached hydrogens (primary N) is 1. The van der Waals surface area contributed by atoms with Gasteiger partial charge in [-0.2, -0.15) is 5.10 Å². The summed E-state index contributed by atoms with van der Waals surface area (Å²) in [5.74, 6) is 0. The summed E-state index contributed by atoms with van der Waals surface area (Å²) in [6.07, 6.45) is 2.87. The van der Waals surface area contributed by atoms with Crippen molar-refractivity contribution in [3.05, 3.63) is 41.0 Å². The minimum absolute atomic E-state index is 0.466. The topological polar surface area (TPSA) is 43.8 Å². The molecule has 0 atom stereocenters. The van der Waals surface area contributed by atoms with Crippen LogP contribution in [0.1, 0.15) is 18.9 Å². The van der Waals surface area contributed by atoms with E-state index in [-0.39, 0.29) is 0 Å². The van der Waals surface area contributed by atoms with Crippen LogP contribution >= 0.6 is 11.6 Å². The van der Waals surface area contributed by atoms with Crippen LogP contribution in [0.2, 0.25) is 5.02 Å². The highest BCUT2D eigenvalue weighted by Crippen LogP contribution is 2.25. The largest absolute Gasteiger partial charge is 0.326 e. The molecule has 1 aromatic heterocycles. The molecule has 3 nitrogen and oxygen atoms in total. The van der Waals surface area contributed by atoms with Crippen LogP contribution in [0, 0.1) is 0 Å². The molecule has 90 valence electrons. The fraction of sp³-hybridized carbons (Fsp3) is 0.308. The zero-order valence-corrected chi connectivity index (χ0v) is 10.6. The predicted molar refractivity (Wildman–Crippen MR) is 70.9 cm³/mol. The van der Waals surface area contributed by atoms with E-state index < -0.39 is 0 Å². The first-order valence-electron chi connectivity index (χ1n) is 5.77. The van der Waals surface area contributed by atoms with Gasteiger partial charge in [-0.15, -0.1) is 0 Å². The van der Waals surface area contributed by atoms with Crippen molar-refractivity contribution in [3.63, 3.8) is 0 Å². The molecule has 0 saturated heterocycles. The molecule has 0 bridgehead atoms. The van der Waals surface area contributed by atoms with Crippen LogP contribution in [0.5, 0.6) is 0 Å². The normalized spacial score (nSPS) is 10.8. The lowest BCUT2D eigenvalue weighted by molar-refractivity contribution is 0.609. The fourth-order valence-electron chi connectivity index (χ4n) is 1.84. The maximum atomic E-state index is 6.17. The Kier molecular flexibility index (Phi) is 3.82. The average Bonchev–Trinajstić information content (AvgIpc) is 2.78. The lowest BCUT2D eigenvalue weighted by atomic mass is 10.1. The fourth-order valence-corrected chi connectivity index (χ4v) is 2.10. The molecule has 4 heteroatoms. The number of rotatable bonds is 4. The minimum Gasteiger partial charge on any atom is -0.326 e. The number of aryl methyl sites for hydroxylation is 1. The SMILES string of the molecule is CCCn1nccc1-c1ccc(CN)c(Cl)c1. The lowest BCUT2D eigenvalue weighted by Gasteiger charge is -2.08. The maximum absolute atomic E-state index is 6.17. The first-order chi connectivity index (χ1) is 8.26. The van der Waals surface area contributed by atoms with Crippen LogP contribution in [0.25, 0.3) is 11.3 Å². The van der Waals surface area contributed by atoms with Gasteiger partial charge in [-0.25, -0.2) is 0 Å². The molecule has 2 N–H and O–H groups in total. The molecule has 1 heterocycles. The summed E-state index contributed by atoms with van der Waals surface area (Å²) in [4.78, 5) is 0. The van der Waals surface area contributed by atoms with Crippen molar-refractivity contribution in [3.8, 4) is 11.3 Å². The maximum Gasteiger partial charge on any atom is 0.0682 e. The van der Waals surface area contributed by atoms with Gasteiger partial charge >= 0.3 is 0 Å². The Morgan fingerprint density at radius 2 is 2.18 bits per heavy atom. The average molecular weight is 250 g/mol. The van der Waals surface area contributed by atoms with Crippen LogP contribution in [-0.4, -0.2) is 9.78 Å². The minimum atomic E-state index is 0.466. The third-order valence-electron chi connectivity index (χ3n) is 2.72. The van der Waals surface area contributed by atoms with Gasteiger partial charge in [-0.3, -0.25) is 4.68 Å². The molecule has 0 radical (unpaired) electrons. The smallest absolute Gasteiger partial charge is 0.0682 e. The zero-order valence-electron chi connectivity index (χ0n) is 9.86. The molecule has 2 aromatic rings. The van der Waals surface area contributed by atoms with Gasteiger partial charge in [0.15, 0.2) is 0 Å². The van der Waals surface area contributed by atoms with Gasteiger partial charge in [-0.05, 0) is 24.1 Å². The molecular weight excluding hydrogens is 234 g/mol. The summed E-state index contributed by atoms with van der Waals surface area (Å²) in [6, 6.07) is 7.97. The van der Waals surface area contributed by atoms with E-state index in [1.165, 1.54) is 0 Å². The first kappa shape index (κ1) is 12.1. The summed E-state index contributed by atoms with van der Waals surface area (Å²) in [5, 5.41) is 5.02. The van der Waals surface area contributed by atoms with Gasteiger partial charge in [0.1, 0.15) is 0 Å². The highest BCUT2D eigenvalue weighted by Gasteiger charge is 2.07. The monoisotopic (exact) mass is 249 g/mol. The second-order valence-corrected chi connectivity index (χ2v) is 4.36. The third kappa shape index (κ3) is 2.51. The van der Waals surface area contributed by atoms with Crippen molar-refractivity contribution in [2.75, 3.05) is 0 Å². The summed E-state index contributed by atoms with van der Waals surface area (Å²) >= 11 is 6.17. The number of nitrogens with zero attached hydrogens (tertiary/aromatic N) is 2. The number of benzene rings is 1. The Labute approximate surface area is 106 Å². The molecule has 0 unspecified atom stereocenters. The van der Waals surface area contributed by atoms with Crippen molar-refractivity contribution in [1.82, 2.24) is 9.78 Å². The molecule has 0 spiro atoms. The van der Waals surface area contributed by atoms with E-state index >= 15 is 0 Å². The number of hydrogen-bond acceptors (Lipinski definition) is 2. The highest BCUT2D eigenvalue weighted by molar-refractivity contribution is 6.31. The summed E-state index contributed by atoms with van der Waals surface area (Å²) in [5.41, 5.74) is 8.74. The summed E-state index contributed by atoms with van der Waals surface area (Å²) < 4.78 is 1.99. The van der Waals surface area contributed by atoms with Crippen molar-refractivity contribution in [1.29, 1.82) is 0 Å². The van der Waals surface area contributed by atoms with E-state index in [2.05, 4.69) is 12.0 Å². The molecule has 0 aliphatic heterocycles. The van der Waals surface area contributed by atoms with Gasteiger partial charge in [0.05, 0.1) is 5.69 Å². The summed E-state index contributed by atoms with van der Waals surface area (Å²) in [6.45, 7) is 3.52. The third-order valence-corrected chi connectivity index (χ3v) is 3.07. The first-order valence-corrected chi connectivity index (χ1v) is 6.14. The second kappa shape index (κ2) is 5.34. The van der Waals surface area contributed by atoms with E-state index in [0.29, 0.717) is 11.6 Å². The Morgan fingerprint density at radius 3 is 2.82 bits per heavy atom. The second-order valence-electron chi connectivity index (χ2n) is 3.95. The quantitative estimate of drug-likeness (QED) is 0.905. The van der Waals surface area contributed by atoms with E-state index in [1.807, 2.05) is 35.1 Å². The van der Waals surface area contributed by atoms with Crippen molar-refractivity contribution < 1.29 is 0 Å². The van der Waals surface area contributed by atoms with Gasteiger partial charge < -0.3 is 5.73 Å². The molecule has 17 heavy (non-hydrogen) atoms. The number of hydrogen-bond donors (Lipinski definition) is 1. The van der Waals surface area contributed by atoms with E-state index in [4.69, 9.17) is 17.3 Å². The molecule has 0 aliphatic rings. The Hall–Kier alpha value is -1.32. The van der Waals surface area contributed by atoms with Crippen LogP contribution in [0.15, 0.2) is 30.5 Å². The van der Waals surface area contributed by atoms with Crippen molar-refractivity contribution in [2.24, 2.45) is 5.73 Å². The number of aromatic nitrogens is 2. The van der Waals surface area contributed by atoms with Crippen molar-refractivity contribution in [2.45, 2.75) is 26.4 Å².